The minimum absolute atomic E-state index is 0.0236. The first-order chi connectivity index (χ1) is 9.71. The third kappa shape index (κ3) is 3.21. The van der Waals surface area contributed by atoms with Crippen molar-refractivity contribution in [3.05, 3.63) is 70.0 Å². The third-order valence-electron chi connectivity index (χ3n) is 3.35. The first-order valence-electron chi connectivity index (χ1n) is 6.28. The first kappa shape index (κ1) is 15.8. The Morgan fingerprint density at radius 3 is 2.05 bits per heavy atom. The number of aryl methyl sites for hydroxylation is 2. The molecule has 0 bridgehead atoms. The van der Waals surface area contributed by atoms with E-state index in [1.54, 1.807) is 13.8 Å². The van der Waals surface area contributed by atoms with E-state index < -0.39 is 22.9 Å². The van der Waals surface area contributed by atoms with Gasteiger partial charge >= 0.3 is 6.18 Å². The van der Waals surface area contributed by atoms with Crippen LogP contribution in [0.5, 0.6) is 0 Å². The highest BCUT2D eigenvalue weighted by atomic mass is 35.5. The summed E-state index contributed by atoms with van der Waals surface area (Å²) in [7, 11) is 0. The second-order valence-corrected chi connectivity index (χ2v) is 5.34. The molecule has 2 aromatic rings. The molecule has 0 saturated heterocycles. The fourth-order valence-corrected chi connectivity index (χ4v) is 2.99. The molecular weight excluding hydrogens is 304 g/mol. The molecule has 0 aliphatic heterocycles. The number of alkyl halides is 4. The smallest absolute Gasteiger partial charge is 0.207 e. The van der Waals surface area contributed by atoms with Crippen LogP contribution >= 0.6 is 11.6 Å². The largest absolute Gasteiger partial charge is 0.416 e. The van der Waals surface area contributed by atoms with Gasteiger partial charge in [0.1, 0.15) is 5.82 Å². The molecule has 2 aromatic carbocycles. The molecule has 0 fully saturated rings. The van der Waals surface area contributed by atoms with Crippen LogP contribution in [0, 0.1) is 19.7 Å². The van der Waals surface area contributed by atoms with Gasteiger partial charge in [0.05, 0.1) is 10.9 Å². The Morgan fingerprint density at radius 1 is 1.00 bits per heavy atom. The highest BCUT2D eigenvalue weighted by molar-refractivity contribution is 6.23. The highest BCUT2D eigenvalue weighted by Crippen LogP contribution is 2.41. The van der Waals surface area contributed by atoms with Gasteiger partial charge in [0.2, 0.25) is 0 Å². The molecular formula is C16H13ClF4. The van der Waals surface area contributed by atoms with E-state index in [2.05, 4.69) is 0 Å². The van der Waals surface area contributed by atoms with Gasteiger partial charge in [-0.25, -0.2) is 4.39 Å². The first-order valence-corrected chi connectivity index (χ1v) is 6.72. The normalized spacial score (nSPS) is 13.3. The van der Waals surface area contributed by atoms with Gasteiger partial charge in [-0.05, 0) is 54.3 Å². The van der Waals surface area contributed by atoms with Crippen molar-refractivity contribution < 1.29 is 17.6 Å². The van der Waals surface area contributed by atoms with Gasteiger partial charge in [-0.2, -0.15) is 13.2 Å². The van der Waals surface area contributed by atoms with Gasteiger partial charge in [0.15, 0.2) is 0 Å². The summed E-state index contributed by atoms with van der Waals surface area (Å²) in [6.07, 6.45) is -4.48. The minimum atomic E-state index is -4.48. The summed E-state index contributed by atoms with van der Waals surface area (Å²) in [4.78, 5) is 0. The summed E-state index contributed by atoms with van der Waals surface area (Å²) < 4.78 is 52.5. The molecule has 0 aliphatic carbocycles. The summed E-state index contributed by atoms with van der Waals surface area (Å²) in [6, 6.07) is 7.72. The Bertz CT molecular complexity index is 639. The van der Waals surface area contributed by atoms with E-state index in [0.717, 1.165) is 6.07 Å². The van der Waals surface area contributed by atoms with Gasteiger partial charge in [-0.1, -0.05) is 18.2 Å². The molecule has 2 rings (SSSR count). The van der Waals surface area contributed by atoms with Gasteiger partial charge in [-0.3, -0.25) is 0 Å². The van der Waals surface area contributed by atoms with Crippen molar-refractivity contribution in [2.45, 2.75) is 25.4 Å². The van der Waals surface area contributed by atoms with Gasteiger partial charge in [0, 0.05) is 0 Å². The van der Waals surface area contributed by atoms with Crippen LogP contribution in [0.15, 0.2) is 36.4 Å². The maximum absolute atomic E-state index is 13.3. The molecule has 0 nitrogen and oxygen atoms in total. The standard InChI is InChI=1S/C16H13ClF4/c1-9-7-11(18)8-10(2)14(9)15(17)12-5-3-4-6-13(12)16(19,20)21/h3-8,15H,1-2H3. The lowest BCUT2D eigenvalue weighted by atomic mass is 9.93. The monoisotopic (exact) mass is 316 g/mol. The van der Waals surface area contributed by atoms with Crippen molar-refractivity contribution in [3.8, 4) is 0 Å². The zero-order valence-corrected chi connectivity index (χ0v) is 12.2. The zero-order chi connectivity index (χ0) is 15.8. The fraction of sp³-hybridized carbons (Fsp3) is 0.250. The third-order valence-corrected chi connectivity index (χ3v) is 3.80. The molecule has 0 spiro atoms. The summed E-state index contributed by atoms with van der Waals surface area (Å²) in [5.74, 6) is -0.429. The molecule has 0 N–H and O–H groups in total. The van der Waals surface area contributed by atoms with E-state index >= 15 is 0 Å². The molecule has 0 heterocycles. The van der Waals surface area contributed by atoms with Gasteiger partial charge in [0.25, 0.3) is 0 Å². The quantitative estimate of drug-likeness (QED) is 0.486. The Hall–Kier alpha value is -1.55. The Morgan fingerprint density at radius 2 is 1.52 bits per heavy atom. The lowest BCUT2D eigenvalue weighted by molar-refractivity contribution is -0.138. The Labute approximate surface area is 125 Å². The highest BCUT2D eigenvalue weighted by Gasteiger charge is 2.35. The summed E-state index contributed by atoms with van der Waals surface area (Å²) in [6.45, 7) is 3.27. The lowest BCUT2D eigenvalue weighted by Gasteiger charge is -2.20. The van der Waals surface area contributed by atoms with Crippen LogP contribution in [0.1, 0.15) is 33.2 Å². The molecule has 5 heteroatoms. The van der Waals surface area contributed by atoms with Crippen LogP contribution < -0.4 is 0 Å². The SMILES string of the molecule is Cc1cc(F)cc(C)c1C(Cl)c1ccccc1C(F)(F)F. The summed E-state index contributed by atoms with van der Waals surface area (Å²) in [5.41, 5.74) is 0.779. The Balaban J connectivity index is 2.59. The number of hydrogen-bond acceptors (Lipinski definition) is 0. The molecule has 0 aliphatic rings. The van der Waals surface area contributed by atoms with Crippen molar-refractivity contribution in [1.29, 1.82) is 0 Å². The van der Waals surface area contributed by atoms with Crippen molar-refractivity contribution in [2.75, 3.05) is 0 Å². The second kappa shape index (κ2) is 5.68. The van der Waals surface area contributed by atoms with Crippen LogP contribution in [0.25, 0.3) is 0 Å². The van der Waals surface area contributed by atoms with E-state index in [0.29, 0.717) is 16.7 Å². The van der Waals surface area contributed by atoms with Crippen molar-refractivity contribution >= 4 is 11.6 Å². The molecule has 112 valence electrons. The summed E-state index contributed by atoms with van der Waals surface area (Å²) in [5, 5.41) is -0.983. The van der Waals surface area contributed by atoms with Gasteiger partial charge in [-0.15, -0.1) is 11.6 Å². The van der Waals surface area contributed by atoms with Crippen LogP contribution in [0.3, 0.4) is 0 Å². The second-order valence-electron chi connectivity index (χ2n) is 4.90. The number of rotatable bonds is 2. The van der Waals surface area contributed by atoms with Crippen LogP contribution in [-0.2, 0) is 6.18 Å². The minimum Gasteiger partial charge on any atom is -0.207 e. The Kier molecular flexibility index (Phi) is 4.28. The maximum atomic E-state index is 13.3. The molecule has 1 atom stereocenters. The fourth-order valence-electron chi connectivity index (χ4n) is 2.45. The van der Waals surface area contributed by atoms with E-state index in [4.69, 9.17) is 11.6 Å². The van der Waals surface area contributed by atoms with Crippen LogP contribution in [0.2, 0.25) is 0 Å². The molecule has 1 unspecified atom stereocenters. The lowest BCUT2D eigenvalue weighted by Crippen LogP contribution is -2.11. The predicted molar refractivity (Wildman–Crippen MR) is 75.0 cm³/mol. The molecule has 0 radical (unpaired) electrons. The molecule has 0 saturated carbocycles. The number of hydrogen-bond donors (Lipinski definition) is 0. The van der Waals surface area contributed by atoms with E-state index in [1.807, 2.05) is 0 Å². The summed E-state index contributed by atoms with van der Waals surface area (Å²) >= 11 is 6.28. The predicted octanol–water partition coefficient (Wildman–Crippen LogP) is 5.79. The van der Waals surface area contributed by atoms with Crippen molar-refractivity contribution in [3.63, 3.8) is 0 Å². The van der Waals surface area contributed by atoms with Crippen LogP contribution in [-0.4, -0.2) is 0 Å². The van der Waals surface area contributed by atoms with Crippen molar-refractivity contribution in [2.24, 2.45) is 0 Å². The molecule has 0 amide bonds. The maximum Gasteiger partial charge on any atom is 0.416 e. The zero-order valence-electron chi connectivity index (χ0n) is 11.4. The number of benzene rings is 2. The van der Waals surface area contributed by atoms with E-state index in [-0.39, 0.29) is 5.56 Å². The van der Waals surface area contributed by atoms with E-state index in [9.17, 15) is 17.6 Å². The van der Waals surface area contributed by atoms with Crippen LogP contribution in [0.4, 0.5) is 17.6 Å². The topological polar surface area (TPSA) is 0 Å². The average Bonchev–Trinajstić information content (AvgIpc) is 2.36. The average molecular weight is 317 g/mol. The molecule has 0 aromatic heterocycles. The molecule has 21 heavy (non-hydrogen) atoms. The van der Waals surface area contributed by atoms with Crippen molar-refractivity contribution in [1.82, 2.24) is 0 Å². The van der Waals surface area contributed by atoms with E-state index in [1.165, 1.54) is 30.3 Å². The number of halogens is 5. The van der Waals surface area contributed by atoms with Gasteiger partial charge < -0.3 is 0 Å².